The lowest BCUT2D eigenvalue weighted by molar-refractivity contribution is -0.122. The molecule has 6 heteroatoms. The van der Waals surface area contributed by atoms with E-state index >= 15 is 0 Å². The van der Waals surface area contributed by atoms with Crippen LogP contribution in [0.5, 0.6) is 5.75 Å². The lowest BCUT2D eigenvalue weighted by atomic mass is 10.2. The second kappa shape index (κ2) is 8.53. The lowest BCUT2D eigenvalue weighted by Gasteiger charge is -2.16. The summed E-state index contributed by atoms with van der Waals surface area (Å²) >= 11 is 5.91. The molecule has 0 unspecified atom stereocenters. The number of amides is 1. The SMILES string of the molecule is CCOC(=O)c1cccc(NC(=O)[C@@H](C)Oc2ccc(Cl)cc2C)c1. The number of carbonyl (C=O) groups excluding carboxylic acids is 2. The van der Waals surface area contributed by atoms with E-state index in [0.717, 1.165) is 5.56 Å². The highest BCUT2D eigenvalue weighted by atomic mass is 35.5. The van der Waals surface area contributed by atoms with E-state index in [-0.39, 0.29) is 5.91 Å². The Hall–Kier alpha value is -2.53. The van der Waals surface area contributed by atoms with Crippen LogP contribution in [-0.4, -0.2) is 24.6 Å². The van der Waals surface area contributed by atoms with Gasteiger partial charge in [0, 0.05) is 10.7 Å². The maximum absolute atomic E-state index is 12.3. The van der Waals surface area contributed by atoms with Gasteiger partial charge in [-0.3, -0.25) is 4.79 Å². The molecule has 0 saturated heterocycles. The molecule has 132 valence electrons. The van der Waals surface area contributed by atoms with Gasteiger partial charge in [0.15, 0.2) is 6.10 Å². The summed E-state index contributed by atoms with van der Waals surface area (Å²) in [5, 5.41) is 3.34. The number of hydrogen-bond acceptors (Lipinski definition) is 4. The Kier molecular flexibility index (Phi) is 6.42. The van der Waals surface area contributed by atoms with Crippen LogP contribution in [0, 0.1) is 6.92 Å². The third-order valence-electron chi connectivity index (χ3n) is 3.45. The first-order chi connectivity index (χ1) is 11.9. The van der Waals surface area contributed by atoms with Crippen molar-refractivity contribution in [3.8, 4) is 5.75 Å². The first-order valence-corrected chi connectivity index (χ1v) is 8.29. The molecule has 0 radical (unpaired) electrons. The van der Waals surface area contributed by atoms with E-state index in [1.54, 1.807) is 56.3 Å². The molecule has 1 N–H and O–H groups in total. The van der Waals surface area contributed by atoms with Crippen molar-refractivity contribution in [3.63, 3.8) is 0 Å². The fourth-order valence-electron chi connectivity index (χ4n) is 2.17. The number of nitrogens with one attached hydrogen (secondary N) is 1. The van der Waals surface area contributed by atoms with Crippen LogP contribution in [0.2, 0.25) is 5.02 Å². The summed E-state index contributed by atoms with van der Waals surface area (Å²) in [4.78, 5) is 24.1. The second-order valence-electron chi connectivity index (χ2n) is 5.46. The molecular formula is C19H20ClNO4. The monoisotopic (exact) mass is 361 g/mol. The van der Waals surface area contributed by atoms with E-state index < -0.39 is 12.1 Å². The summed E-state index contributed by atoms with van der Waals surface area (Å²) in [5.74, 6) is -0.164. The Labute approximate surface area is 151 Å². The number of anilines is 1. The Morgan fingerprint density at radius 3 is 2.64 bits per heavy atom. The van der Waals surface area contributed by atoms with Crippen LogP contribution in [0.1, 0.15) is 29.8 Å². The van der Waals surface area contributed by atoms with Crippen LogP contribution in [0.15, 0.2) is 42.5 Å². The third-order valence-corrected chi connectivity index (χ3v) is 3.69. The van der Waals surface area contributed by atoms with Crippen LogP contribution >= 0.6 is 11.6 Å². The maximum Gasteiger partial charge on any atom is 0.338 e. The molecule has 0 aromatic heterocycles. The molecule has 2 aromatic rings. The van der Waals surface area contributed by atoms with E-state index in [1.807, 2.05) is 6.92 Å². The molecule has 0 aliphatic heterocycles. The van der Waals surface area contributed by atoms with Crippen molar-refractivity contribution in [2.75, 3.05) is 11.9 Å². The van der Waals surface area contributed by atoms with E-state index in [0.29, 0.717) is 28.6 Å². The Morgan fingerprint density at radius 2 is 1.96 bits per heavy atom. The fourth-order valence-corrected chi connectivity index (χ4v) is 2.40. The van der Waals surface area contributed by atoms with Crippen molar-refractivity contribution < 1.29 is 19.1 Å². The number of carbonyl (C=O) groups is 2. The molecule has 0 bridgehead atoms. The molecule has 0 aliphatic rings. The molecule has 0 saturated carbocycles. The zero-order valence-corrected chi connectivity index (χ0v) is 15.1. The number of benzene rings is 2. The predicted octanol–water partition coefficient (Wildman–Crippen LogP) is 4.23. The van der Waals surface area contributed by atoms with E-state index in [9.17, 15) is 9.59 Å². The third kappa shape index (κ3) is 5.22. The van der Waals surface area contributed by atoms with E-state index in [2.05, 4.69) is 5.32 Å². The van der Waals surface area contributed by atoms with Gasteiger partial charge in [-0.1, -0.05) is 17.7 Å². The smallest absolute Gasteiger partial charge is 0.338 e. The number of halogens is 1. The summed E-state index contributed by atoms with van der Waals surface area (Å²) in [7, 11) is 0. The average Bonchev–Trinajstić information content (AvgIpc) is 2.57. The highest BCUT2D eigenvalue weighted by Gasteiger charge is 2.17. The standard InChI is InChI=1S/C19H20ClNO4/c1-4-24-19(23)14-6-5-7-16(11-14)21-18(22)13(3)25-17-9-8-15(20)10-12(17)2/h5-11,13H,4H2,1-3H3,(H,21,22)/t13-/m1/s1. The molecule has 5 nitrogen and oxygen atoms in total. The Bertz CT molecular complexity index is 776. The first-order valence-electron chi connectivity index (χ1n) is 7.91. The number of aryl methyl sites for hydroxylation is 1. The summed E-state index contributed by atoms with van der Waals surface area (Å²) in [6.45, 7) is 5.54. The van der Waals surface area contributed by atoms with Gasteiger partial charge in [0.2, 0.25) is 0 Å². The van der Waals surface area contributed by atoms with Crippen LogP contribution in [-0.2, 0) is 9.53 Å². The predicted molar refractivity (Wildman–Crippen MR) is 97.3 cm³/mol. The zero-order valence-electron chi connectivity index (χ0n) is 14.3. The second-order valence-corrected chi connectivity index (χ2v) is 5.90. The van der Waals surface area contributed by atoms with Crippen molar-refractivity contribution in [1.82, 2.24) is 0 Å². The van der Waals surface area contributed by atoms with Crippen LogP contribution in [0.4, 0.5) is 5.69 Å². The first kappa shape index (κ1) is 18.8. The van der Waals surface area contributed by atoms with Gasteiger partial charge >= 0.3 is 5.97 Å². The Morgan fingerprint density at radius 1 is 1.20 bits per heavy atom. The quantitative estimate of drug-likeness (QED) is 0.782. The number of hydrogen-bond donors (Lipinski definition) is 1. The lowest BCUT2D eigenvalue weighted by Crippen LogP contribution is -2.30. The highest BCUT2D eigenvalue weighted by molar-refractivity contribution is 6.30. The van der Waals surface area contributed by atoms with Crippen molar-refractivity contribution in [1.29, 1.82) is 0 Å². The largest absolute Gasteiger partial charge is 0.481 e. The van der Waals surface area contributed by atoms with Gasteiger partial charge in [-0.25, -0.2) is 4.79 Å². The summed E-state index contributed by atoms with van der Waals surface area (Å²) in [6, 6.07) is 11.8. The zero-order chi connectivity index (χ0) is 18.4. The molecule has 1 atom stereocenters. The summed E-state index contributed by atoms with van der Waals surface area (Å²) in [5.41, 5.74) is 1.72. The Balaban J connectivity index is 2.03. The maximum atomic E-state index is 12.3. The molecule has 0 heterocycles. The van der Waals surface area contributed by atoms with E-state index in [1.165, 1.54) is 0 Å². The van der Waals surface area contributed by atoms with Crippen LogP contribution in [0.25, 0.3) is 0 Å². The van der Waals surface area contributed by atoms with Gasteiger partial charge in [0.25, 0.3) is 5.91 Å². The summed E-state index contributed by atoms with van der Waals surface area (Å²) in [6.07, 6.45) is -0.717. The molecule has 0 aliphatic carbocycles. The molecule has 0 fully saturated rings. The van der Waals surface area contributed by atoms with Gasteiger partial charge in [0.05, 0.1) is 12.2 Å². The average molecular weight is 362 g/mol. The van der Waals surface area contributed by atoms with Crippen molar-refractivity contribution >= 4 is 29.2 Å². The summed E-state index contributed by atoms with van der Waals surface area (Å²) < 4.78 is 10.6. The van der Waals surface area contributed by atoms with Crippen molar-refractivity contribution in [3.05, 3.63) is 58.6 Å². The van der Waals surface area contributed by atoms with Crippen LogP contribution in [0.3, 0.4) is 0 Å². The highest BCUT2D eigenvalue weighted by Crippen LogP contribution is 2.23. The van der Waals surface area contributed by atoms with Gasteiger partial charge < -0.3 is 14.8 Å². The minimum Gasteiger partial charge on any atom is -0.481 e. The molecule has 0 spiro atoms. The minimum absolute atomic E-state index is 0.292. The number of rotatable bonds is 6. The van der Waals surface area contributed by atoms with Gasteiger partial charge in [-0.05, 0) is 62.7 Å². The number of ether oxygens (including phenoxy) is 2. The topological polar surface area (TPSA) is 64.6 Å². The molecular weight excluding hydrogens is 342 g/mol. The van der Waals surface area contributed by atoms with Gasteiger partial charge in [-0.2, -0.15) is 0 Å². The normalized spacial score (nSPS) is 11.5. The number of esters is 1. The fraction of sp³-hybridized carbons (Fsp3) is 0.263. The minimum atomic E-state index is -0.717. The van der Waals surface area contributed by atoms with Gasteiger partial charge in [0.1, 0.15) is 5.75 Å². The van der Waals surface area contributed by atoms with Crippen molar-refractivity contribution in [2.45, 2.75) is 26.9 Å². The van der Waals surface area contributed by atoms with Gasteiger partial charge in [-0.15, -0.1) is 0 Å². The van der Waals surface area contributed by atoms with E-state index in [4.69, 9.17) is 21.1 Å². The van der Waals surface area contributed by atoms with Crippen molar-refractivity contribution in [2.24, 2.45) is 0 Å². The molecule has 1 amide bonds. The molecule has 2 aromatic carbocycles. The molecule has 2 rings (SSSR count). The molecule has 25 heavy (non-hydrogen) atoms. The van der Waals surface area contributed by atoms with Crippen LogP contribution < -0.4 is 10.1 Å².